The Morgan fingerprint density at radius 1 is 1.60 bits per heavy atom. The Morgan fingerprint density at radius 3 is 2.80 bits per heavy atom. The number of hydrogen-bond acceptors (Lipinski definition) is 1. The molecule has 0 spiro atoms. The van der Waals surface area contributed by atoms with Crippen molar-refractivity contribution < 1.29 is 0 Å². The molecule has 0 saturated carbocycles. The second-order valence-electron chi connectivity index (χ2n) is 1.14. The van der Waals surface area contributed by atoms with Gasteiger partial charge in [-0.25, -0.2) is 5.43 Å². The molecule has 2 nitrogen and oxygen atoms in total. The van der Waals surface area contributed by atoms with E-state index in [2.05, 4.69) is 10.9 Å². The average Bonchev–Trinajstić information content (AvgIpc) is 1.76. The van der Waals surface area contributed by atoms with Gasteiger partial charge in [0.1, 0.15) is 0 Å². The fourth-order valence-electron chi connectivity index (χ4n) is 0.395. The molecule has 0 aromatic rings. The van der Waals surface area contributed by atoms with Gasteiger partial charge in [0.25, 0.3) is 0 Å². The highest BCUT2D eigenvalue weighted by Crippen LogP contribution is 1.77. The molecule has 0 amide bonds. The summed E-state index contributed by atoms with van der Waals surface area (Å²) in [6.45, 7) is 2.10. The molecule has 0 aromatic heterocycles. The molecule has 1 heterocycles. The van der Waals surface area contributed by atoms with Gasteiger partial charge in [0.05, 0.1) is 0 Å². The minimum Gasteiger partial charge on any atom is -0.240 e. The van der Waals surface area contributed by atoms with Crippen LogP contribution in [0.3, 0.4) is 0 Å². The molecule has 1 N–H and O–H groups in total. The zero-order valence-corrected chi connectivity index (χ0v) is 3.07. The van der Waals surface area contributed by atoms with Crippen molar-refractivity contribution in [3.63, 3.8) is 0 Å². The molecule has 1 fully saturated rings. The molecule has 0 aromatic carbocycles. The quantitative estimate of drug-likeness (QED) is 0.409. The maximum absolute atomic E-state index is 3.83. The first-order valence-corrected chi connectivity index (χ1v) is 1.89. The molecule has 0 bridgehead atoms. The highest BCUT2D eigenvalue weighted by molar-refractivity contribution is 4.50. The number of nitrogens with one attached hydrogen (secondary N) is 1. The van der Waals surface area contributed by atoms with Crippen LogP contribution < -0.4 is 10.9 Å². The minimum absolute atomic E-state index is 1.01. The van der Waals surface area contributed by atoms with Gasteiger partial charge in [-0.2, -0.15) is 5.43 Å². The van der Waals surface area contributed by atoms with Crippen LogP contribution >= 0.6 is 0 Å². The minimum atomic E-state index is 1.01. The standard InChI is InChI=1S/C3H7N2/c1-2-4-5-3-1/h4H,1-3H2. The topological polar surface area (TPSA) is 26.1 Å². The van der Waals surface area contributed by atoms with Gasteiger partial charge in [0.15, 0.2) is 0 Å². The van der Waals surface area contributed by atoms with Crippen LogP contribution in [0.1, 0.15) is 6.42 Å². The summed E-state index contributed by atoms with van der Waals surface area (Å²) in [6.07, 6.45) is 1.22. The van der Waals surface area contributed by atoms with E-state index < -0.39 is 0 Å². The Hall–Kier alpha value is -0.0800. The summed E-state index contributed by atoms with van der Waals surface area (Å²) in [5.41, 5.74) is 6.68. The first-order valence-electron chi connectivity index (χ1n) is 1.89. The van der Waals surface area contributed by atoms with Crippen LogP contribution in [-0.2, 0) is 0 Å². The van der Waals surface area contributed by atoms with Gasteiger partial charge in [-0.3, -0.25) is 0 Å². The Kier molecular flexibility index (Phi) is 0.862. The van der Waals surface area contributed by atoms with E-state index in [-0.39, 0.29) is 0 Å². The van der Waals surface area contributed by atoms with E-state index >= 15 is 0 Å². The van der Waals surface area contributed by atoms with Gasteiger partial charge in [0, 0.05) is 13.1 Å². The molecule has 1 rings (SSSR count). The van der Waals surface area contributed by atoms with Crippen LogP contribution in [-0.4, -0.2) is 13.1 Å². The molecule has 2 heteroatoms. The Bertz CT molecular complexity index is 16.5. The van der Waals surface area contributed by atoms with Gasteiger partial charge in [0.2, 0.25) is 0 Å². The van der Waals surface area contributed by atoms with Crippen molar-refractivity contribution in [2.24, 2.45) is 0 Å². The maximum Gasteiger partial charge on any atom is 0.0316 e. The van der Waals surface area contributed by atoms with Crippen molar-refractivity contribution in [1.82, 2.24) is 10.9 Å². The molecule has 0 atom stereocenters. The van der Waals surface area contributed by atoms with Crippen molar-refractivity contribution in [1.29, 1.82) is 0 Å². The lowest BCUT2D eigenvalue weighted by Crippen LogP contribution is -2.12. The Morgan fingerprint density at radius 2 is 2.60 bits per heavy atom. The molecule has 1 saturated heterocycles. The van der Waals surface area contributed by atoms with E-state index in [1.807, 2.05) is 0 Å². The van der Waals surface area contributed by atoms with Crippen molar-refractivity contribution in [2.75, 3.05) is 13.1 Å². The summed E-state index contributed by atoms with van der Waals surface area (Å²) in [5, 5.41) is 0. The van der Waals surface area contributed by atoms with Crippen LogP contribution in [0.25, 0.3) is 0 Å². The second-order valence-corrected chi connectivity index (χ2v) is 1.14. The van der Waals surface area contributed by atoms with Gasteiger partial charge in [-0.05, 0) is 6.42 Å². The Labute approximate surface area is 31.5 Å². The van der Waals surface area contributed by atoms with Crippen LogP contribution in [0.15, 0.2) is 0 Å². The maximum atomic E-state index is 3.83. The fourth-order valence-corrected chi connectivity index (χ4v) is 0.395. The Balaban J connectivity index is 2.08. The van der Waals surface area contributed by atoms with Gasteiger partial charge >= 0.3 is 0 Å². The molecule has 1 aliphatic heterocycles. The third kappa shape index (κ3) is 0.597. The zero-order valence-electron chi connectivity index (χ0n) is 3.07. The number of hydrogen-bond donors (Lipinski definition) is 1. The van der Waals surface area contributed by atoms with E-state index in [1.165, 1.54) is 6.42 Å². The summed E-state index contributed by atoms with van der Waals surface area (Å²) >= 11 is 0. The lowest BCUT2D eigenvalue weighted by atomic mass is 10.5. The molecule has 1 radical (unpaired) electrons. The number of rotatable bonds is 0. The van der Waals surface area contributed by atoms with E-state index in [4.69, 9.17) is 0 Å². The summed E-state index contributed by atoms with van der Waals surface area (Å²) in [4.78, 5) is 0. The largest absolute Gasteiger partial charge is 0.240 e. The lowest BCUT2D eigenvalue weighted by molar-refractivity contribution is 0.673. The monoisotopic (exact) mass is 71.1 g/mol. The molecule has 5 heavy (non-hydrogen) atoms. The van der Waals surface area contributed by atoms with Gasteiger partial charge in [-0.1, -0.05) is 0 Å². The van der Waals surface area contributed by atoms with Crippen molar-refractivity contribution in [2.45, 2.75) is 6.42 Å². The first kappa shape index (κ1) is 3.12. The smallest absolute Gasteiger partial charge is 0.0316 e. The molecular weight excluding hydrogens is 64.0 g/mol. The summed E-state index contributed by atoms with van der Waals surface area (Å²) in [5.74, 6) is 0. The van der Waals surface area contributed by atoms with E-state index in [1.54, 1.807) is 0 Å². The first-order chi connectivity index (χ1) is 2.50. The van der Waals surface area contributed by atoms with E-state index in [0.29, 0.717) is 0 Å². The van der Waals surface area contributed by atoms with Crippen LogP contribution in [0, 0.1) is 0 Å². The summed E-state index contributed by atoms with van der Waals surface area (Å²) in [7, 11) is 0. The summed E-state index contributed by atoms with van der Waals surface area (Å²) in [6, 6.07) is 0. The van der Waals surface area contributed by atoms with Crippen LogP contribution in [0.4, 0.5) is 0 Å². The van der Waals surface area contributed by atoms with Crippen LogP contribution in [0.2, 0.25) is 0 Å². The molecule has 0 aliphatic carbocycles. The zero-order chi connectivity index (χ0) is 3.54. The molecule has 29 valence electrons. The predicted molar refractivity (Wildman–Crippen MR) is 19.6 cm³/mol. The van der Waals surface area contributed by atoms with E-state index in [9.17, 15) is 0 Å². The summed E-state index contributed by atoms with van der Waals surface area (Å²) < 4.78 is 0. The van der Waals surface area contributed by atoms with Gasteiger partial charge in [-0.15, -0.1) is 0 Å². The highest BCUT2D eigenvalue weighted by Gasteiger charge is 1.93. The van der Waals surface area contributed by atoms with Crippen LogP contribution in [0.5, 0.6) is 0 Å². The number of nitrogens with zero attached hydrogens (tertiary/aromatic N) is 1. The third-order valence-corrected chi connectivity index (χ3v) is 0.670. The average molecular weight is 71.1 g/mol. The highest BCUT2D eigenvalue weighted by atomic mass is 15.4. The van der Waals surface area contributed by atoms with E-state index in [0.717, 1.165) is 13.1 Å². The van der Waals surface area contributed by atoms with Crippen molar-refractivity contribution in [3.05, 3.63) is 0 Å². The van der Waals surface area contributed by atoms with Crippen molar-refractivity contribution in [3.8, 4) is 0 Å². The third-order valence-electron chi connectivity index (χ3n) is 0.670. The molecule has 0 unspecified atom stereocenters. The molecule has 1 aliphatic rings. The lowest BCUT2D eigenvalue weighted by Gasteiger charge is -1.76. The molecular formula is C3H7N2. The predicted octanol–water partition coefficient (Wildman–Crippen LogP) is -0.501. The van der Waals surface area contributed by atoms with Crippen molar-refractivity contribution >= 4 is 0 Å². The second kappa shape index (κ2) is 1.38. The fraction of sp³-hybridized carbons (Fsp3) is 1.00. The normalized spacial score (nSPS) is 24.0. The SMILES string of the molecule is C1C[N]NC1. The van der Waals surface area contributed by atoms with Gasteiger partial charge < -0.3 is 0 Å².